The Morgan fingerprint density at radius 3 is 2.94 bits per heavy atom. The van der Waals surface area contributed by atoms with E-state index in [0.717, 1.165) is 5.56 Å². The van der Waals surface area contributed by atoms with Crippen molar-refractivity contribution in [2.75, 3.05) is 5.32 Å². The van der Waals surface area contributed by atoms with Gasteiger partial charge in [-0.2, -0.15) is 15.4 Å². The van der Waals surface area contributed by atoms with Crippen molar-refractivity contribution in [2.24, 2.45) is 0 Å². The maximum Gasteiger partial charge on any atom is 0.277 e. The Kier molecular flexibility index (Phi) is 2.87. The van der Waals surface area contributed by atoms with Crippen LogP contribution in [0.2, 0.25) is 5.02 Å². The first-order chi connectivity index (χ1) is 7.68. The van der Waals surface area contributed by atoms with Crippen LogP contribution in [0, 0.1) is 6.92 Å². The smallest absolute Gasteiger partial charge is 0.277 e. The Balaban J connectivity index is 2.25. The molecule has 1 aromatic carbocycles. The number of rotatable bonds is 2. The number of H-pyrrole nitrogens is 1. The molecule has 6 heteroatoms. The fourth-order valence-corrected chi connectivity index (χ4v) is 1.55. The molecule has 16 heavy (non-hydrogen) atoms. The molecule has 1 heterocycles. The number of nitrogens with one attached hydrogen (secondary N) is 2. The molecule has 82 valence electrons. The Bertz CT molecular complexity index is 489. The van der Waals surface area contributed by atoms with E-state index in [1.54, 1.807) is 6.07 Å². The van der Waals surface area contributed by atoms with Gasteiger partial charge in [0.1, 0.15) is 0 Å². The first kappa shape index (κ1) is 10.6. The standard InChI is InChI=1S/C10H9ClN4O/c1-6-3-2-4-7(11)9(6)13-10(16)8-5-12-15-14-8/h2-5H,1H3,(H,13,16)(H,12,14,15). The summed E-state index contributed by atoms with van der Waals surface area (Å²) in [5.41, 5.74) is 1.71. The molecule has 0 aliphatic rings. The SMILES string of the molecule is Cc1cccc(Cl)c1NC(=O)c1cn[nH]n1. The number of nitrogens with zero attached hydrogens (tertiary/aromatic N) is 2. The highest BCUT2D eigenvalue weighted by atomic mass is 35.5. The lowest BCUT2D eigenvalue weighted by Crippen LogP contribution is -2.13. The number of aryl methyl sites for hydroxylation is 1. The Morgan fingerprint density at radius 2 is 2.31 bits per heavy atom. The Labute approximate surface area is 96.8 Å². The molecule has 0 spiro atoms. The van der Waals surface area contributed by atoms with Crippen molar-refractivity contribution in [3.63, 3.8) is 0 Å². The molecule has 0 atom stereocenters. The zero-order valence-electron chi connectivity index (χ0n) is 8.49. The van der Waals surface area contributed by atoms with Crippen LogP contribution in [-0.2, 0) is 0 Å². The number of amides is 1. The van der Waals surface area contributed by atoms with E-state index in [2.05, 4.69) is 20.7 Å². The lowest BCUT2D eigenvalue weighted by molar-refractivity contribution is 0.102. The third-order valence-corrected chi connectivity index (χ3v) is 2.42. The van der Waals surface area contributed by atoms with E-state index in [9.17, 15) is 4.79 Å². The maximum absolute atomic E-state index is 11.7. The number of hydrogen-bond donors (Lipinski definition) is 2. The van der Waals surface area contributed by atoms with Crippen LogP contribution in [0.5, 0.6) is 0 Å². The van der Waals surface area contributed by atoms with Crippen molar-refractivity contribution in [2.45, 2.75) is 6.92 Å². The lowest BCUT2D eigenvalue weighted by Gasteiger charge is -2.08. The third-order valence-electron chi connectivity index (χ3n) is 2.11. The highest BCUT2D eigenvalue weighted by Crippen LogP contribution is 2.25. The van der Waals surface area contributed by atoms with E-state index in [4.69, 9.17) is 11.6 Å². The largest absolute Gasteiger partial charge is 0.319 e. The van der Waals surface area contributed by atoms with Gasteiger partial charge in [0.15, 0.2) is 5.69 Å². The summed E-state index contributed by atoms with van der Waals surface area (Å²) in [7, 11) is 0. The predicted molar refractivity (Wildman–Crippen MR) is 60.5 cm³/mol. The van der Waals surface area contributed by atoms with Crippen molar-refractivity contribution in [3.05, 3.63) is 40.7 Å². The molecule has 1 amide bonds. The predicted octanol–water partition coefficient (Wildman–Crippen LogP) is 2.02. The van der Waals surface area contributed by atoms with Gasteiger partial charge in [0.05, 0.1) is 16.9 Å². The molecule has 2 aromatic rings. The number of aromatic nitrogens is 3. The molecule has 0 saturated carbocycles. The van der Waals surface area contributed by atoms with Crippen molar-refractivity contribution in [1.29, 1.82) is 0 Å². The van der Waals surface area contributed by atoms with E-state index in [0.29, 0.717) is 10.7 Å². The Morgan fingerprint density at radius 1 is 1.50 bits per heavy atom. The molecule has 0 aliphatic heterocycles. The highest BCUT2D eigenvalue weighted by Gasteiger charge is 2.12. The van der Waals surface area contributed by atoms with E-state index < -0.39 is 0 Å². The second kappa shape index (κ2) is 4.32. The molecule has 5 nitrogen and oxygen atoms in total. The first-order valence-electron chi connectivity index (χ1n) is 4.60. The molecule has 0 radical (unpaired) electrons. The van der Waals surface area contributed by atoms with Gasteiger partial charge in [0.2, 0.25) is 0 Å². The fourth-order valence-electron chi connectivity index (χ4n) is 1.28. The average Bonchev–Trinajstić information content (AvgIpc) is 2.76. The molecule has 0 unspecified atom stereocenters. The number of halogens is 1. The molecule has 0 aliphatic carbocycles. The van der Waals surface area contributed by atoms with Crippen molar-refractivity contribution < 1.29 is 4.79 Å². The molecular formula is C10H9ClN4O. The van der Waals surface area contributed by atoms with Crippen LogP contribution in [0.15, 0.2) is 24.4 Å². The number of hydrogen-bond acceptors (Lipinski definition) is 3. The van der Waals surface area contributed by atoms with Crippen LogP contribution in [0.1, 0.15) is 16.1 Å². The van der Waals surface area contributed by atoms with Gasteiger partial charge in [-0.05, 0) is 18.6 Å². The number of carbonyl (C=O) groups is 1. The highest BCUT2D eigenvalue weighted by molar-refractivity contribution is 6.34. The Hall–Kier alpha value is -1.88. The van der Waals surface area contributed by atoms with Crippen LogP contribution in [-0.4, -0.2) is 21.3 Å². The van der Waals surface area contributed by atoms with Gasteiger partial charge >= 0.3 is 0 Å². The van der Waals surface area contributed by atoms with Gasteiger partial charge < -0.3 is 5.32 Å². The van der Waals surface area contributed by atoms with Crippen molar-refractivity contribution in [1.82, 2.24) is 15.4 Å². The minimum atomic E-state index is -0.343. The van der Waals surface area contributed by atoms with E-state index >= 15 is 0 Å². The van der Waals surface area contributed by atoms with Crippen molar-refractivity contribution in [3.8, 4) is 0 Å². The second-order valence-corrected chi connectivity index (χ2v) is 3.65. The lowest BCUT2D eigenvalue weighted by atomic mass is 10.2. The quantitative estimate of drug-likeness (QED) is 0.838. The summed E-state index contributed by atoms with van der Waals surface area (Å²) in [5, 5.41) is 12.8. The van der Waals surface area contributed by atoms with Crippen molar-refractivity contribution >= 4 is 23.2 Å². The summed E-state index contributed by atoms with van der Waals surface area (Å²) in [6, 6.07) is 5.40. The second-order valence-electron chi connectivity index (χ2n) is 3.24. The molecular weight excluding hydrogens is 228 g/mol. The van der Waals surface area contributed by atoms with Crippen LogP contribution in [0.3, 0.4) is 0 Å². The maximum atomic E-state index is 11.7. The molecule has 0 saturated heterocycles. The summed E-state index contributed by atoms with van der Waals surface area (Å²) < 4.78 is 0. The number of benzene rings is 1. The summed E-state index contributed by atoms with van der Waals surface area (Å²) in [5.74, 6) is -0.343. The topological polar surface area (TPSA) is 70.7 Å². The van der Waals surface area contributed by atoms with Crippen LogP contribution in [0.25, 0.3) is 0 Å². The van der Waals surface area contributed by atoms with Gasteiger partial charge in [-0.25, -0.2) is 0 Å². The minimum absolute atomic E-state index is 0.222. The molecule has 2 N–H and O–H groups in total. The fraction of sp³-hybridized carbons (Fsp3) is 0.100. The van der Waals surface area contributed by atoms with Gasteiger partial charge in [-0.3, -0.25) is 4.79 Å². The monoisotopic (exact) mass is 236 g/mol. The number of anilines is 1. The van der Waals surface area contributed by atoms with E-state index in [-0.39, 0.29) is 11.6 Å². The van der Waals surface area contributed by atoms with Gasteiger partial charge in [-0.1, -0.05) is 23.7 Å². The zero-order chi connectivity index (χ0) is 11.5. The molecule has 0 fully saturated rings. The zero-order valence-corrected chi connectivity index (χ0v) is 9.25. The van der Waals surface area contributed by atoms with E-state index in [1.807, 2.05) is 19.1 Å². The number of aromatic amines is 1. The normalized spacial score (nSPS) is 10.1. The van der Waals surface area contributed by atoms with Gasteiger partial charge in [-0.15, -0.1) is 0 Å². The number of carbonyl (C=O) groups excluding carboxylic acids is 1. The first-order valence-corrected chi connectivity index (χ1v) is 4.98. The van der Waals surface area contributed by atoms with Crippen LogP contribution < -0.4 is 5.32 Å². The summed E-state index contributed by atoms with van der Waals surface area (Å²) in [6.45, 7) is 1.87. The minimum Gasteiger partial charge on any atom is -0.319 e. The summed E-state index contributed by atoms with van der Waals surface area (Å²) >= 11 is 5.98. The third kappa shape index (κ3) is 2.04. The summed E-state index contributed by atoms with van der Waals surface area (Å²) in [6.07, 6.45) is 1.35. The molecule has 2 rings (SSSR count). The average molecular weight is 237 g/mol. The summed E-state index contributed by atoms with van der Waals surface area (Å²) in [4.78, 5) is 11.7. The van der Waals surface area contributed by atoms with E-state index in [1.165, 1.54) is 6.20 Å². The van der Waals surface area contributed by atoms with Gasteiger partial charge in [0, 0.05) is 0 Å². The molecule has 0 bridgehead atoms. The van der Waals surface area contributed by atoms with Crippen LogP contribution in [0.4, 0.5) is 5.69 Å². The van der Waals surface area contributed by atoms with Crippen LogP contribution >= 0.6 is 11.6 Å². The molecule has 1 aromatic heterocycles. The number of para-hydroxylation sites is 1. The van der Waals surface area contributed by atoms with Gasteiger partial charge in [0.25, 0.3) is 5.91 Å².